The van der Waals surface area contributed by atoms with Crippen LogP contribution in [0.3, 0.4) is 0 Å². The Morgan fingerprint density at radius 2 is 2.20 bits per heavy atom. The van der Waals surface area contributed by atoms with Crippen molar-refractivity contribution in [1.82, 2.24) is 4.90 Å². The van der Waals surface area contributed by atoms with Crippen LogP contribution in [-0.2, 0) is 11.2 Å². The lowest BCUT2D eigenvalue weighted by Gasteiger charge is -2.37. The summed E-state index contributed by atoms with van der Waals surface area (Å²) < 4.78 is 31.7. The van der Waals surface area contributed by atoms with Crippen LogP contribution < -0.4 is 0 Å². The van der Waals surface area contributed by atoms with Crippen molar-refractivity contribution in [2.24, 2.45) is 0 Å². The van der Waals surface area contributed by atoms with E-state index in [1.807, 2.05) is 0 Å². The fourth-order valence-corrected chi connectivity index (χ4v) is 3.12. The van der Waals surface area contributed by atoms with E-state index in [2.05, 4.69) is 4.90 Å². The summed E-state index contributed by atoms with van der Waals surface area (Å²) in [4.78, 5) is 2.35. The van der Waals surface area contributed by atoms with Crippen LogP contribution in [-0.4, -0.2) is 48.0 Å². The topological polar surface area (TPSA) is 32.7 Å². The molecule has 1 aromatic rings. The second kappa shape index (κ2) is 5.76. The summed E-state index contributed by atoms with van der Waals surface area (Å²) in [5.74, 6) is -1.74. The van der Waals surface area contributed by atoms with Crippen LogP contribution in [0.25, 0.3) is 0 Å². The molecule has 0 amide bonds. The fourth-order valence-electron chi connectivity index (χ4n) is 3.12. The third kappa shape index (κ3) is 2.85. The van der Waals surface area contributed by atoms with Crippen molar-refractivity contribution < 1.29 is 18.6 Å². The van der Waals surface area contributed by atoms with Gasteiger partial charge in [0.2, 0.25) is 0 Å². The van der Waals surface area contributed by atoms with Gasteiger partial charge in [0, 0.05) is 19.0 Å². The minimum Gasteiger partial charge on any atom is -0.390 e. The molecule has 5 heteroatoms. The molecule has 2 aliphatic heterocycles. The molecular weight excluding hydrogens is 264 g/mol. The van der Waals surface area contributed by atoms with Crippen molar-refractivity contribution in [3.05, 3.63) is 35.4 Å². The highest BCUT2D eigenvalue weighted by atomic mass is 19.2. The minimum atomic E-state index is -0.876. The first-order valence-corrected chi connectivity index (χ1v) is 7.11. The predicted molar refractivity (Wildman–Crippen MR) is 70.4 cm³/mol. The SMILES string of the molecule is OC(Cc1ccc(F)c(F)c1)C1CN2CCCC2CO1. The van der Waals surface area contributed by atoms with E-state index in [4.69, 9.17) is 4.74 Å². The van der Waals surface area contributed by atoms with Gasteiger partial charge >= 0.3 is 0 Å². The molecule has 0 bridgehead atoms. The molecule has 0 radical (unpaired) electrons. The zero-order chi connectivity index (χ0) is 14.1. The molecule has 1 N–H and O–H groups in total. The highest BCUT2D eigenvalue weighted by Crippen LogP contribution is 2.24. The van der Waals surface area contributed by atoms with Gasteiger partial charge < -0.3 is 9.84 Å². The molecule has 0 aliphatic carbocycles. The number of nitrogens with zero attached hydrogens (tertiary/aromatic N) is 1. The van der Waals surface area contributed by atoms with E-state index in [1.165, 1.54) is 12.5 Å². The Balaban J connectivity index is 1.61. The number of aliphatic hydroxyl groups excluding tert-OH is 1. The van der Waals surface area contributed by atoms with E-state index < -0.39 is 17.7 Å². The fraction of sp³-hybridized carbons (Fsp3) is 0.600. The molecule has 2 aliphatic rings. The minimum absolute atomic E-state index is 0.252. The summed E-state index contributed by atoms with van der Waals surface area (Å²) in [5.41, 5.74) is 0.587. The molecule has 2 heterocycles. The van der Waals surface area contributed by atoms with E-state index >= 15 is 0 Å². The number of halogens is 2. The molecule has 0 saturated carbocycles. The zero-order valence-electron chi connectivity index (χ0n) is 11.3. The molecule has 2 saturated heterocycles. The predicted octanol–water partition coefficient (Wildman–Crippen LogP) is 1.73. The van der Waals surface area contributed by atoms with Crippen LogP contribution in [0.1, 0.15) is 18.4 Å². The van der Waals surface area contributed by atoms with Gasteiger partial charge in [0.25, 0.3) is 0 Å². The largest absolute Gasteiger partial charge is 0.390 e. The Morgan fingerprint density at radius 1 is 1.35 bits per heavy atom. The Bertz CT molecular complexity index is 483. The number of hydrogen-bond donors (Lipinski definition) is 1. The Kier molecular flexibility index (Phi) is 4.01. The van der Waals surface area contributed by atoms with Gasteiger partial charge in [0.1, 0.15) is 0 Å². The van der Waals surface area contributed by atoms with E-state index in [0.29, 0.717) is 18.2 Å². The quantitative estimate of drug-likeness (QED) is 0.917. The third-order valence-electron chi connectivity index (χ3n) is 4.27. The van der Waals surface area contributed by atoms with Crippen LogP contribution in [0.15, 0.2) is 18.2 Å². The highest BCUT2D eigenvalue weighted by molar-refractivity contribution is 5.18. The average Bonchev–Trinajstić information content (AvgIpc) is 2.90. The van der Waals surface area contributed by atoms with E-state index in [9.17, 15) is 13.9 Å². The van der Waals surface area contributed by atoms with Crippen LogP contribution in [0, 0.1) is 11.6 Å². The van der Waals surface area contributed by atoms with Gasteiger partial charge in [-0.3, -0.25) is 4.90 Å². The van der Waals surface area contributed by atoms with Gasteiger partial charge in [-0.15, -0.1) is 0 Å². The maximum Gasteiger partial charge on any atom is 0.159 e. The van der Waals surface area contributed by atoms with Crippen LogP contribution >= 0.6 is 0 Å². The average molecular weight is 283 g/mol. The summed E-state index contributed by atoms with van der Waals surface area (Å²) in [6.45, 7) is 2.43. The van der Waals surface area contributed by atoms with E-state index in [1.54, 1.807) is 0 Å². The number of rotatable bonds is 3. The normalized spacial score (nSPS) is 28.4. The number of ether oxygens (including phenoxy) is 1. The molecule has 1 aromatic carbocycles. The number of hydrogen-bond acceptors (Lipinski definition) is 3. The van der Waals surface area contributed by atoms with Gasteiger partial charge in [-0.25, -0.2) is 8.78 Å². The summed E-state index contributed by atoms with van der Waals surface area (Å²) in [6.07, 6.45) is 1.67. The van der Waals surface area contributed by atoms with E-state index in [0.717, 1.165) is 31.6 Å². The van der Waals surface area contributed by atoms with Gasteiger partial charge in [-0.2, -0.15) is 0 Å². The maximum atomic E-state index is 13.2. The monoisotopic (exact) mass is 283 g/mol. The second-order valence-corrected chi connectivity index (χ2v) is 5.68. The van der Waals surface area contributed by atoms with Gasteiger partial charge in [-0.1, -0.05) is 6.07 Å². The third-order valence-corrected chi connectivity index (χ3v) is 4.27. The molecule has 2 fully saturated rings. The summed E-state index contributed by atoms with van der Waals surface area (Å²) in [7, 11) is 0. The Labute approximate surface area is 117 Å². The molecular formula is C15H19F2NO2. The smallest absolute Gasteiger partial charge is 0.159 e. The maximum absolute atomic E-state index is 13.2. The number of morpholine rings is 1. The molecule has 3 nitrogen and oxygen atoms in total. The molecule has 0 aromatic heterocycles. The first-order chi connectivity index (χ1) is 9.63. The van der Waals surface area contributed by atoms with Crippen LogP contribution in [0.5, 0.6) is 0 Å². The first-order valence-electron chi connectivity index (χ1n) is 7.11. The Hall–Kier alpha value is -1.04. The van der Waals surface area contributed by atoms with Crippen LogP contribution in [0.4, 0.5) is 8.78 Å². The zero-order valence-corrected chi connectivity index (χ0v) is 11.3. The van der Waals surface area contributed by atoms with Crippen molar-refractivity contribution in [3.63, 3.8) is 0 Å². The number of benzene rings is 1. The standard InChI is InChI=1S/C15H19F2NO2/c16-12-4-3-10(6-13(12)17)7-14(19)15-8-18-5-1-2-11(18)9-20-15/h3-4,6,11,14-15,19H,1-2,5,7-9H2. The van der Waals surface area contributed by atoms with Crippen molar-refractivity contribution in [3.8, 4) is 0 Å². The number of fused-ring (bicyclic) bond motifs is 1. The molecule has 110 valence electrons. The van der Waals surface area contributed by atoms with Gasteiger partial charge in [0.05, 0.1) is 18.8 Å². The van der Waals surface area contributed by atoms with Crippen LogP contribution in [0.2, 0.25) is 0 Å². The molecule has 0 spiro atoms. The summed E-state index contributed by atoms with van der Waals surface area (Å²) in [5, 5.41) is 10.2. The van der Waals surface area contributed by atoms with Crippen molar-refractivity contribution in [1.29, 1.82) is 0 Å². The van der Waals surface area contributed by atoms with Crippen molar-refractivity contribution in [2.75, 3.05) is 19.7 Å². The lowest BCUT2D eigenvalue weighted by atomic mass is 10.0. The lowest BCUT2D eigenvalue weighted by molar-refractivity contribution is -0.101. The Morgan fingerprint density at radius 3 is 3.00 bits per heavy atom. The molecule has 3 atom stereocenters. The molecule has 3 rings (SSSR count). The van der Waals surface area contributed by atoms with Gasteiger partial charge in [-0.05, 0) is 37.1 Å². The number of aliphatic hydroxyl groups is 1. The second-order valence-electron chi connectivity index (χ2n) is 5.68. The summed E-state index contributed by atoms with van der Waals surface area (Å²) >= 11 is 0. The van der Waals surface area contributed by atoms with Crippen molar-refractivity contribution >= 4 is 0 Å². The lowest BCUT2D eigenvalue weighted by Crippen LogP contribution is -2.50. The summed E-state index contributed by atoms with van der Waals surface area (Å²) in [6, 6.07) is 4.22. The van der Waals surface area contributed by atoms with Gasteiger partial charge in [0.15, 0.2) is 11.6 Å². The van der Waals surface area contributed by atoms with Crippen molar-refractivity contribution in [2.45, 2.75) is 37.5 Å². The first kappa shape index (κ1) is 13.9. The molecule has 20 heavy (non-hydrogen) atoms. The molecule has 3 unspecified atom stereocenters. The highest BCUT2D eigenvalue weighted by Gasteiger charge is 2.35. The van der Waals surface area contributed by atoms with E-state index in [-0.39, 0.29) is 12.5 Å².